The van der Waals surface area contributed by atoms with Crippen molar-refractivity contribution in [2.24, 2.45) is 5.41 Å². The van der Waals surface area contributed by atoms with Crippen LogP contribution in [0.25, 0.3) is 0 Å². The van der Waals surface area contributed by atoms with Gasteiger partial charge in [0.25, 0.3) is 0 Å². The SMILES string of the molecule is O=C(O)C1(COc2cnccn2)CC=CCC1. The van der Waals surface area contributed by atoms with Gasteiger partial charge in [-0.1, -0.05) is 12.2 Å². The Labute approximate surface area is 99.2 Å². The smallest absolute Gasteiger partial charge is 0.313 e. The molecule has 0 aromatic carbocycles. The van der Waals surface area contributed by atoms with Crippen molar-refractivity contribution in [1.29, 1.82) is 0 Å². The van der Waals surface area contributed by atoms with E-state index in [2.05, 4.69) is 9.97 Å². The molecule has 0 bridgehead atoms. The molecule has 0 spiro atoms. The Morgan fingerprint density at radius 2 is 2.35 bits per heavy atom. The molecule has 1 aliphatic rings. The molecule has 0 saturated heterocycles. The Bertz CT molecular complexity index is 419. The van der Waals surface area contributed by atoms with Crippen LogP contribution in [0.4, 0.5) is 0 Å². The highest BCUT2D eigenvalue weighted by atomic mass is 16.5. The van der Waals surface area contributed by atoms with Crippen LogP contribution in [0.3, 0.4) is 0 Å². The minimum absolute atomic E-state index is 0.130. The number of allylic oxidation sites excluding steroid dienone is 2. The Balaban J connectivity index is 2.04. The molecule has 0 fully saturated rings. The van der Waals surface area contributed by atoms with Gasteiger partial charge in [0.2, 0.25) is 5.88 Å². The fraction of sp³-hybridized carbons (Fsp3) is 0.417. The standard InChI is InChI=1S/C12H14N2O3/c15-11(16)12(4-2-1-3-5-12)9-17-10-8-13-6-7-14-10/h1-2,6-8H,3-5,9H2,(H,15,16). The van der Waals surface area contributed by atoms with Gasteiger partial charge in [-0.05, 0) is 19.3 Å². The van der Waals surface area contributed by atoms with E-state index in [9.17, 15) is 9.90 Å². The van der Waals surface area contributed by atoms with Crippen LogP contribution in [0, 0.1) is 5.41 Å². The van der Waals surface area contributed by atoms with Crippen molar-refractivity contribution in [3.8, 4) is 5.88 Å². The lowest BCUT2D eigenvalue weighted by Crippen LogP contribution is -2.38. The Morgan fingerprint density at radius 3 is 2.94 bits per heavy atom. The molecule has 1 N–H and O–H groups in total. The van der Waals surface area contributed by atoms with E-state index in [1.807, 2.05) is 12.2 Å². The topological polar surface area (TPSA) is 72.3 Å². The first-order valence-corrected chi connectivity index (χ1v) is 5.50. The summed E-state index contributed by atoms with van der Waals surface area (Å²) in [6, 6.07) is 0. The third-order valence-electron chi connectivity index (χ3n) is 2.95. The van der Waals surface area contributed by atoms with Crippen molar-refractivity contribution in [1.82, 2.24) is 9.97 Å². The Kier molecular flexibility index (Phi) is 3.37. The predicted octanol–water partition coefficient (Wildman–Crippen LogP) is 1.67. The van der Waals surface area contributed by atoms with E-state index in [-0.39, 0.29) is 6.61 Å². The third-order valence-corrected chi connectivity index (χ3v) is 2.95. The Morgan fingerprint density at radius 1 is 1.47 bits per heavy atom. The molecule has 1 aliphatic carbocycles. The van der Waals surface area contributed by atoms with Crippen molar-refractivity contribution in [3.63, 3.8) is 0 Å². The summed E-state index contributed by atoms with van der Waals surface area (Å²) in [4.78, 5) is 19.2. The average molecular weight is 234 g/mol. The summed E-state index contributed by atoms with van der Waals surface area (Å²) in [5, 5.41) is 9.32. The number of aliphatic carboxylic acids is 1. The fourth-order valence-electron chi connectivity index (χ4n) is 1.85. The summed E-state index contributed by atoms with van der Waals surface area (Å²) in [5.74, 6) is -0.451. The van der Waals surface area contributed by atoms with E-state index in [0.717, 1.165) is 6.42 Å². The number of hydrogen-bond donors (Lipinski definition) is 1. The third kappa shape index (κ3) is 2.61. The zero-order chi connectivity index (χ0) is 12.1. The molecule has 1 unspecified atom stereocenters. The van der Waals surface area contributed by atoms with Gasteiger partial charge in [-0.3, -0.25) is 9.78 Å². The quantitative estimate of drug-likeness (QED) is 0.802. The van der Waals surface area contributed by atoms with E-state index in [1.54, 1.807) is 6.20 Å². The lowest BCUT2D eigenvalue weighted by molar-refractivity contribution is -0.151. The van der Waals surface area contributed by atoms with Crippen LogP contribution >= 0.6 is 0 Å². The minimum atomic E-state index is -0.827. The maximum atomic E-state index is 11.3. The fourth-order valence-corrected chi connectivity index (χ4v) is 1.85. The van der Waals surface area contributed by atoms with Crippen LogP contribution in [0.15, 0.2) is 30.7 Å². The normalized spacial score (nSPS) is 23.3. The maximum absolute atomic E-state index is 11.3. The number of aromatic nitrogens is 2. The molecule has 0 amide bonds. The van der Waals surface area contributed by atoms with Crippen LogP contribution in [-0.2, 0) is 4.79 Å². The van der Waals surface area contributed by atoms with Crippen LogP contribution in [0.1, 0.15) is 19.3 Å². The van der Waals surface area contributed by atoms with E-state index in [4.69, 9.17) is 4.74 Å². The largest absolute Gasteiger partial charge is 0.481 e. The van der Waals surface area contributed by atoms with Gasteiger partial charge in [-0.15, -0.1) is 0 Å². The van der Waals surface area contributed by atoms with Crippen molar-refractivity contribution < 1.29 is 14.6 Å². The maximum Gasteiger partial charge on any atom is 0.313 e. The molecule has 2 rings (SSSR count). The number of carboxylic acid groups (broad SMARTS) is 1. The van der Waals surface area contributed by atoms with Crippen LogP contribution in [0.2, 0.25) is 0 Å². The van der Waals surface area contributed by atoms with Crippen LogP contribution < -0.4 is 4.74 Å². The van der Waals surface area contributed by atoms with Crippen molar-refractivity contribution in [2.75, 3.05) is 6.61 Å². The zero-order valence-corrected chi connectivity index (χ0v) is 9.37. The highest BCUT2D eigenvalue weighted by molar-refractivity contribution is 5.75. The number of rotatable bonds is 4. The van der Waals surface area contributed by atoms with Crippen molar-refractivity contribution in [2.45, 2.75) is 19.3 Å². The molecule has 5 nitrogen and oxygen atoms in total. The summed E-state index contributed by atoms with van der Waals surface area (Å²) < 4.78 is 5.42. The van der Waals surface area contributed by atoms with Gasteiger partial charge >= 0.3 is 5.97 Å². The molecular weight excluding hydrogens is 220 g/mol. The first-order chi connectivity index (χ1) is 8.23. The molecule has 5 heteroatoms. The molecule has 0 radical (unpaired) electrons. The lowest BCUT2D eigenvalue weighted by atomic mass is 9.78. The Hall–Kier alpha value is -1.91. The van der Waals surface area contributed by atoms with Gasteiger partial charge in [-0.2, -0.15) is 0 Å². The highest BCUT2D eigenvalue weighted by Crippen LogP contribution is 2.33. The second-order valence-electron chi connectivity index (χ2n) is 4.13. The molecule has 1 aromatic rings. The minimum Gasteiger partial charge on any atom is -0.481 e. The number of carbonyl (C=O) groups is 1. The van der Waals surface area contributed by atoms with Gasteiger partial charge < -0.3 is 9.84 Å². The van der Waals surface area contributed by atoms with Gasteiger partial charge in [0.1, 0.15) is 12.0 Å². The molecule has 1 aromatic heterocycles. The molecule has 0 aliphatic heterocycles. The molecule has 17 heavy (non-hydrogen) atoms. The first-order valence-electron chi connectivity index (χ1n) is 5.50. The molecule has 1 heterocycles. The van der Waals surface area contributed by atoms with Crippen LogP contribution in [0.5, 0.6) is 5.88 Å². The summed E-state index contributed by atoms with van der Waals surface area (Å²) in [5.41, 5.74) is -0.827. The number of nitrogens with zero attached hydrogens (tertiary/aromatic N) is 2. The van der Waals surface area contributed by atoms with Gasteiger partial charge in [0.05, 0.1) is 6.20 Å². The monoisotopic (exact) mass is 234 g/mol. The van der Waals surface area contributed by atoms with E-state index >= 15 is 0 Å². The molecular formula is C12H14N2O3. The second-order valence-corrected chi connectivity index (χ2v) is 4.13. The van der Waals surface area contributed by atoms with Crippen molar-refractivity contribution in [3.05, 3.63) is 30.7 Å². The van der Waals surface area contributed by atoms with Gasteiger partial charge in [-0.25, -0.2) is 4.98 Å². The summed E-state index contributed by atoms with van der Waals surface area (Å²) in [6.45, 7) is 0.130. The summed E-state index contributed by atoms with van der Waals surface area (Å²) in [7, 11) is 0. The second kappa shape index (κ2) is 4.95. The summed E-state index contributed by atoms with van der Waals surface area (Å²) >= 11 is 0. The summed E-state index contributed by atoms with van der Waals surface area (Å²) in [6.07, 6.45) is 10.3. The molecule has 1 atom stereocenters. The lowest BCUT2D eigenvalue weighted by Gasteiger charge is -2.29. The van der Waals surface area contributed by atoms with E-state index in [1.165, 1.54) is 12.4 Å². The van der Waals surface area contributed by atoms with Gasteiger partial charge in [0, 0.05) is 12.4 Å². The van der Waals surface area contributed by atoms with E-state index in [0.29, 0.717) is 18.7 Å². The number of ether oxygens (including phenoxy) is 1. The number of carboxylic acids is 1. The molecule has 90 valence electrons. The highest BCUT2D eigenvalue weighted by Gasteiger charge is 2.39. The molecule has 0 saturated carbocycles. The van der Waals surface area contributed by atoms with Gasteiger partial charge in [0.15, 0.2) is 0 Å². The van der Waals surface area contributed by atoms with E-state index < -0.39 is 11.4 Å². The average Bonchev–Trinajstić information content (AvgIpc) is 2.38. The zero-order valence-electron chi connectivity index (χ0n) is 9.37. The number of hydrogen-bond acceptors (Lipinski definition) is 4. The van der Waals surface area contributed by atoms with Crippen molar-refractivity contribution >= 4 is 5.97 Å². The predicted molar refractivity (Wildman–Crippen MR) is 60.6 cm³/mol. The first kappa shape index (κ1) is 11.6. The van der Waals surface area contributed by atoms with Crippen LogP contribution in [-0.4, -0.2) is 27.7 Å².